The molecule has 0 fully saturated rings. The van der Waals surface area contributed by atoms with Crippen molar-refractivity contribution in [1.29, 1.82) is 0 Å². The quantitative estimate of drug-likeness (QED) is 0.528. The van der Waals surface area contributed by atoms with Gasteiger partial charge in [0.15, 0.2) is 6.20 Å². The lowest BCUT2D eigenvalue weighted by molar-refractivity contribution is -2.00. The van der Waals surface area contributed by atoms with Gasteiger partial charge in [0.2, 0.25) is 5.52 Å². The van der Waals surface area contributed by atoms with Crippen molar-refractivity contribution in [1.82, 2.24) is 0 Å². The van der Waals surface area contributed by atoms with Crippen LogP contribution in [-0.4, -0.2) is 14.1 Å². The van der Waals surface area contributed by atoms with Crippen molar-refractivity contribution >= 4 is 28.2 Å². The van der Waals surface area contributed by atoms with Crippen LogP contribution in [0.15, 0.2) is 54.7 Å². The third kappa shape index (κ3) is 5.56. The molecule has 30 heavy (non-hydrogen) atoms. The molecule has 0 unspecified atom stereocenters. The van der Waals surface area contributed by atoms with Gasteiger partial charge in [-0.05, 0) is 48.6 Å². The van der Waals surface area contributed by atoms with Gasteiger partial charge in [-0.1, -0.05) is 30.3 Å². The van der Waals surface area contributed by atoms with E-state index < -0.39 is 10.2 Å². The van der Waals surface area contributed by atoms with Crippen molar-refractivity contribution in [3.8, 4) is 0 Å². The van der Waals surface area contributed by atoms with Gasteiger partial charge in [0.25, 0.3) is 0 Å². The fraction of sp³-hybridized carbons (Fsp3) is 0.261. The first-order valence-corrected chi connectivity index (χ1v) is 10.9. The highest BCUT2D eigenvalue weighted by molar-refractivity contribution is 5.96. The molecule has 0 saturated heterocycles. The third-order valence-electron chi connectivity index (χ3n) is 5.19. The Morgan fingerprint density at radius 3 is 2.20 bits per heavy atom. The van der Waals surface area contributed by atoms with Crippen LogP contribution in [-0.2, 0) is 13.5 Å². The SMILES string of the molecule is CN(C)c1ccc(/C=C2/CCCc3c[n+](C)c4ccccc4c32)cc1.[O-][Cl+3]([O-])([O-])[O-]. The lowest BCUT2D eigenvalue weighted by Gasteiger charge is -2.20. The van der Waals surface area contributed by atoms with Crippen LogP contribution in [0.4, 0.5) is 5.69 Å². The second kappa shape index (κ2) is 9.12. The summed E-state index contributed by atoms with van der Waals surface area (Å²) in [7, 11) is 1.37. The van der Waals surface area contributed by atoms with Gasteiger partial charge in [-0.2, -0.15) is 0 Å². The Bertz CT molecular complexity index is 1050. The minimum absolute atomic E-state index is 1.15. The Morgan fingerprint density at radius 1 is 0.933 bits per heavy atom. The standard InChI is InChI=1S/C23H25N2.ClHO4/c1-24(2)20-13-11-17(12-14-20)15-18-7-6-8-19-16-25(3)22-10-5-4-9-21(22)23(18)19;2-1(3,4)5/h4-5,9-16H,6-8H2,1-3H3;(H,2,3,4,5)/q+1;/p-1. The number of pyridine rings is 1. The number of benzene rings is 2. The zero-order valence-corrected chi connectivity index (χ0v) is 18.1. The molecule has 0 aliphatic heterocycles. The second-order valence-corrected chi connectivity index (χ2v) is 8.30. The summed E-state index contributed by atoms with van der Waals surface area (Å²) in [6.45, 7) is 0. The molecular formula is C23H25ClN2O4. The second-order valence-electron chi connectivity index (χ2n) is 7.54. The van der Waals surface area contributed by atoms with Gasteiger partial charge in [0, 0.05) is 37.0 Å². The molecule has 1 aliphatic carbocycles. The van der Waals surface area contributed by atoms with E-state index in [1.54, 1.807) is 0 Å². The first-order chi connectivity index (χ1) is 14.1. The van der Waals surface area contributed by atoms with Crippen molar-refractivity contribution in [2.24, 2.45) is 7.05 Å². The number of aromatic nitrogens is 1. The van der Waals surface area contributed by atoms with Gasteiger partial charge in [0.1, 0.15) is 7.05 Å². The molecule has 2 aromatic carbocycles. The van der Waals surface area contributed by atoms with E-state index >= 15 is 0 Å². The highest BCUT2D eigenvalue weighted by atomic mass is 35.7. The zero-order chi connectivity index (χ0) is 21.9. The Morgan fingerprint density at radius 2 is 1.57 bits per heavy atom. The smallest absolute Gasteiger partial charge is 0.212 e. The zero-order valence-electron chi connectivity index (χ0n) is 17.3. The summed E-state index contributed by atoms with van der Waals surface area (Å²) in [6.07, 6.45) is 8.25. The number of hydrogen-bond acceptors (Lipinski definition) is 5. The van der Waals surface area contributed by atoms with Crippen molar-refractivity contribution in [3.63, 3.8) is 0 Å². The maximum absolute atomic E-state index is 8.49. The maximum atomic E-state index is 8.49. The number of fused-ring (bicyclic) bond motifs is 3. The number of nitrogens with zero attached hydrogens (tertiary/aromatic N) is 2. The van der Waals surface area contributed by atoms with Crippen LogP contribution >= 0.6 is 0 Å². The molecule has 0 atom stereocenters. The topological polar surface area (TPSA) is 99.4 Å². The molecule has 1 aliphatic rings. The minimum atomic E-state index is -4.94. The Kier molecular flexibility index (Phi) is 6.75. The number of allylic oxidation sites excluding steroid dienone is 1. The van der Waals surface area contributed by atoms with Gasteiger partial charge < -0.3 is 4.90 Å². The van der Waals surface area contributed by atoms with E-state index in [0.717, 1.165) is 6.42 Å². The van der Waals surface area contributed by atoms with Crippen LogP contribution < -0.4 is 28.1 Å². The van der Waals surface area contributed by atoms with E-state index in [1.165, 1.54) is 51.7 Å². The fourth-order valence-corrected chi connectivity index (χ4v) is 3.91. The Hall–Kier alpha value is -2.48. The molecular weight excluding hydrogens is 404 g/mol. The molecule has 1 aromatic heterocycles. The van der Waals surface area contributed by atoms with Crippen LogP contribution in [0.5, 0.6) is 0 Å². The van der Waals surface area contributed by atoms with E-state index in [4.69, 9.17) is 18.6 Å². The van der Waals surface area contributed by atoms with Crippen LogP contribution in [0.1, 0.15) is 29.5 Å². The summed E-state index contributed by atoms with van der Waals surface area (Å²) < 4.78 is 36.2. The number of para-hydroxylation sites is 1. The van der Waals surface area contributed by atoms with E-state index in [2.05, 4.69) is 91.4 Å². The Balaban J connectivity index is 0.000000461. The van der Waals surface area contributed by atoms with Gasteiger partial charge in [-0.3, -0.25) is 0 Å². The molecule has 7 heteroatoms. The average molecular weight is 429 g/mol. The van der Waals surface area contributed by atoms with Crippen molar-refractivity contribution < 1.29 is 33.4 Å². The molecule has 158 valence electrons. The van der Waals surface area contributed by atoms with Crippen molar-refractivity contribution in [2.45, 2.75) is 19.3 Å². The molecule has 0 N–H and O–H groups in total. The van der Waals surface area contributed by atoms with Crippen molar-refractivity contribution in [2.75, 3.05) is 19.0 Å². The summed E-state index contributed by atoms with van der Waals surface area (Å²) in [5.74, 6) is 0. The maximum Gasteiger partial charge on any atom is 0.212 e. The van der Waals surface area contributed by atoms with E-state index in [0.29, 0.717) is 0 Å². The molecule has 0 radical (unpaired) electrons. The van der Waals surface area contributed by atoms with Gasteiger partial charge >= 0.3 is 0 Å². The number of halogens is 1. The van der Waals surface area contributed by atoms with Crippen LogP contribution in [0.2, 0.25) is 0 Å². The third-order valence-corrected chi connectivity index (χ3v) is 5.19. The van der Waals surface area contributed by atoms with Gasteiger partial charge in [-0.25, -0.2) is 23.2 Å². The average Bonchev–Trinajstić information content (AvgIpc) is 2.67. The fourth-order valence-electron chi connectivity index (χ4n) is 3.91. The summed E-state index contributed by atoms with van der Waals surface area (Å²) >= 11 is 0. The number of hydrogen-bond donors (Lipinski definition) is 0. The van der Waals surface area contributed by atoms with E-state index in [9.17, 15) is 0 Å². The Labute approximate surface area is 178 Å². The van der Waals surface area contributed by atoms with Crippen LogP contribution in [0, 0.1) is 10.2 Å². The molecule has 4 rings (SSSR count). The van der Waals surface area contributed by atoms with E-state index in [-0.39, 0.29) is 0 Å². The molecule has 3 aromatic rings. The molecule has 0 bridgehead atoms. The number of aryl methyl sites for hydroxylation is 2. The van der Waals surface area contributed by atoms with Gasteiger partial charge in [0.05, 0.1) is 5.39 Å². The molecule has 0 saturated carbocycles. The number of anilines is 1. The predicted octanol–water partition coefficient (Wildman–Crippen LogP) is -0.149. The monoisotopic (exact) mass is 428 g/mol. The first kappa shape index (κ1) is 22.2. The van der Waals surface area contributed by atoms with Crippen molar-refractivity contribution in [3.05, 3.63) is 71.4 Å². The highest BCUT2D eigenvalue weighted by Crippen LogP contribution is 2.36. The summed E-state index contributed by atoms with van der Waals surface area (Å²) in [5, 5.41) is 1.37. The normalized spacial score (nSPS) is 14.8. The lowest BCUT2D eigenvalue weighted by atomic mass is 9.85. The summed E-state index contributed by atoms with van der Waals surface area (Å²) in [5.41, 5.74) is 8.22. The van der Waals surface area contributed by atoms with Crippen LogP contribution in [0.3, 0.4) is 0 Å². The molecule has 0 amide bonds. The number of rotatable bonds is 2. The summed E-state index contributed by atoms with van der Waals surface area (Å²) in [4.78, 5) is 2.14. The van der Waals surface area contributed by atoms with Gasteiger partial charge in [-0.15, -0.1) is 10.2 Å². The minimum Gasteiger partial charge on any atom is -0.378 e. The summed E-state index contributed by atoms with van der Waals surface area (Å²) in [6, 6.07) is 17.6. The molecule has 1 heterocycles. The highest BCUT2D eigenvalue weighted by Gasteiger charge is 2.21. The largest absolute Gasteiger partial charge is 0.378 e. The first-order valence-electron chi connectivity index (χ1n) is 9.64. The van der Waals surface area contributed by atoms with Crippen LogP contribution in [0.25, 0.3) is 22.6 Å². The lowest BCUT2D eigenvalue weighted by Crippen LogP contribution is -2.68. The molecule has 6 nitrogen and oxygen atoms in total. The predicted molar refractivity (Wildman–Crippen MR) is 107 cm³/mol. The van der Waals surface area contributed by atoms with E-state index in [1.807, 2.05) is 0 Å². The molecule has 0 spiro atoms.